The van der Waals surface area contributed by atoms with Crippen LogP contribution in [0.1, 0.15) is 35.5 Å². The third-order valence-corrected chi connectivity index (χ3v) is 9.97. The summed E-state index contributed by atoms with van der Waals surface area (Å²) >= 11 is 2.93. The number of hydrogen-bond donors (Lipinski definition) is 1. The van der Waals surface area contributed by atoms with Crippen molar-refractivity contribution in [2.24, 2.45) is 0 Å². The second-order valence-electron chi connectivity index (χ2n) is 11.5. The van der Waals surface area contributed by atoms with Gasteiger partial charge in [-0.15, -0.1) is 23.1 Å². The van der Waals surface area contributed by atoms with Crippen LogP contribution in [0, 0.1) is 0 Å². The first-order valence-corrected chi connectivity index (χ1v) is 16.3. The van der Waals surface area contributed by atoms with Crippen molar-refractivity contribution < 1.29 is 41.0 Å². The van der Waals surface area contributed by atoms with Crippen molar-refractivity contribution in [1.29, 1.82) is 0 Å². The number of aromatic nitrogens is 1. The summed E-state index contributed by atoms with van der Waals surface area (Å²) < 4.78 is 84.8. The lowest BCUT2D eigenvalue weighted by molar-refractivity contribution is -0.152. The molecular formula is C33H31F6N3O3S2. The molecule has 4 aromatic rings. The van der Waals surface area contributed by atoms with Gasteiger partial charge in [0.25, 0.3) is 0 Å². The second kappa shape index (κ2) is 13.8. The second-order valence-corrected chi connectivity index (χ2v) is 13.6. The van der Waals surface area contributed by atoms with Gasteiger partial charge in [-0.05, 0) is 68.4 Å². The van der Waals surface area contributed by atoms with Crippen LogP contribution in [-0.2, 0) is 29.4 Å². The zero-order chi connectivity index (χ0) is 34.0. The van der Waals surface area contributed by atoms with E-state index in [2.05, 4.69) is 4.90 Å². The van der Waals surface area contributed by atoms with Crippen molar-refractivity contribution in [3.05, 3.63) is 94.5 Å². The Bertz CT molecular complexity index is 1680. The number of nitrogens with zero attached hydrogens (tertiary/aromatic N) is 3. The van der Waals surface area contributed by atoms with Crippen LogP contribution in [0.15, 0.2) is 77.7 Å². The molecule has 3 aromatic carbocycles. The van der Waals surface area contributed by atoms with E-state index in [1.54, 1.807) is 18.2 Å². The number of piperazine rings is 1. The molecule has 1 aromatic heterocycles. The van der Waals surface area contributed by atoms with Crippen LogP contribution in [-0.4, -0.2) is 52.7 Å². The summed E-state index contributed by atoms with van der Waals surface area (Å²) in [6.45, 7) is 5.61. The molecule has 0 unspecified atom stereocenters. The molecule has 1 N–H and O–H groups in total. The summed E-state index contributed by atoms with van der Waals surface area (Å²) in [5.41, 5.74) is -0.960. The smallest absolute Gasteiger partial charge is 0.416 e. The first-order chi connectivity index (χ1) is 22.1. The van der Waals surface area contributed by atoms with Gasteiger partial charge in [-0.1, -0.05) is 18.2 Å². The van der Waals surface area contributed by atoms with Gasteiger partial charge in [-0.3, -0.25) is 4.90 Å². The van der Waals surface area contributed by atoms with Crippen LogP contribution in [0.3, 0.4) is 0 Å². The lowest BCUT2D eigenvalue weighted by Crippen LogP contribution is -2.46. The largest absolute Gasteiger partial charge is 0.478 e. The predicted molar refractivity (Wildman–Crippen MR) is 170 cm³/mol. The van der Waals surface area contributed by atoms with Gasteiger partial charge >= 0.3 is 18.3 Å². The summed E-state index contributed by atoms with van der Waals surface area (Å²) in [6.07, 6.45) is -8.87. The fourth-order valence-electron chi connectivity index (χ4n) is 4.89. The third kappa shape index (κ3) is 8.79. The number of thiazole rings is 1. The molecule has 0 amide bonds. The van der Waals surface area contributed by atoms with Gasteiger partial charge in [0.2, 0.25) is 0 Å². The maximum Gasteiger partial charge on any atom is 0.416 e. The highest BCUT2D eigenvalue weighted by atomic mass is 32.2. The lowest BCUT2D eigenvalue weighted by atomic mass is 10.1. The Kier molecular flexibility index (Phi) is 10.1. The molecule has 0 saturated carbocycles. The van der Waals surface area contributed by atoms with Crippen molar-refractivity contribution in [2.75, 3.05) is 31.1 Å². The van der Waals surface area contributed by atoms with Gasteiger partial charge in [-0.2, -0.15) is 26.3 Å². The molecule has 250 valence electrons. The van der Waals surface area contributed by atoms with Crippen LogP contribution in [0.2, 0.25) is 0 Å². The molecule has 0 bridgehead atoms. The van der Waals surface area contributed by atoms with Crippen molar-refractivity contribution in [1.82, 2.24) is 9.88 Å². The number of rotatable bonds is 10. The average molecular weight is 696 g/mol. The number of carboxylic acids is 1. The summed E-state index contributed by atoms with van der Waals surface area (Å²) in [5.74, 6) is -0.151. The summed E-state index contributed by atoms with van der Waals surface area (Å²) in [4.78, 5) is 22.2. The highest BCUT2D eigenvalue weighted by Gasteiger charge is 2.32. The van der Waals surface area contributed by atoms with E-state index >= 15 is 0 Å². The van der Waals surface area contributed by atoms with Gasteiger partial charge in [0.05, 0.1) is 16.8 Å². The van der Waals surface area contributed by atoms with Gasteiger partial charge in [0, 0.05) is 59.5 Å². The zero-order valence-corrected chi connectivity index (χ0v) is 27.0. The molecular weight excluding hydrogens is 665 g/mol. The lowest BCUT2D eigenvalue weighted by Gasteiger charge is -2.36. The number of halogens is 6. The third-order valence-electron chi connectivity index (χ3n) is 7.60. The SMILES string of the molecule is CC(C)(Oc1ccc(SCc2sc(-c3ccc(C(F)(F)F)cc3)nc2CN2CCN(c3cccc(C(F)(F)F)c3)CC2)cc1)C(=O)O. The first-order valence-electron chi connectivity index (χ1n) is 14.5. The first kappa shape index (κ1) is 34.6. The molecule has 1 fully saturated rings. The minimum atomic E-state index is -4.45. The van der Waals surface area contributed by atoms with E-state index in [4.69, 9.17) is 9.72 Å². The minimum Gasteiger partial charge on any atom is -0.478 e. The number of thioether (sulfide) groups is 1. The number of ether oxygens (including phenoxy) is 1. The molecule has 0 atom stereocenters. The number of carboxylic acid groups (broad SMARTS) is 1. The highest BCUT2D eigenvalue weighted by molar-refractivity contribution is 7.98. The summed E-state index contributed by atoms with van der Waals surface area (Å²) in [6, 6.07) is 17.2. The topological polar surface area (TPSA) is 65.9 Å². The molecule has 14 heteroatoms. The molecule has 1 saturated heterocycles. The normalized spacial score (nSPS) is 14.8. The van der Waals surface area contributed by atoms with Crippen LogP contribution >= 0.6 is 23.1 Å². The van der Waals surface area contributed by atoms with E-state index < -0.39 is 35.0 Å². The highest BCUT2D eigenvalue weighted by Crippen LogP contribution is 2.37. The number of aliphatic carboxylic acids is 1. The Morgan fingerprint density at radius 3 is 2.13 bits per heavy atom. The molecule has 1 aliphatic heterocycles. The van der Waals surface area contributed by atoms with Gasteiger partial charge in [0.15, 0.2) is 5.60 Å². The number of carbonyl (C=O) groups is 1. The minimum absolute atomic E-state index is 0.411. The fraction of sp³-hybridized carbons (Fsp3) is 0.333. The fourth-order valence-corrected chi connectivity index (χ4v) is 6.97. The maximum atomic E-state index is 13.2. The maximum absolute atomic E-state index is 13.2. The quantitative estimate of drug-likeness (QED) is 0.132. The van der Waals surface area contributed by atoms with Crippen molar-refractivity contribution in [2.45, 2.75) is 49.0 Å². The molecule has 1 aliphatic rings. The van der Waals surface area contributed by atoms with E-state index in [1.165, 1.54) is 55.1 Å². The summed E-state index contributed by atoms with van der Waals surface area (Å²) in [5, 5.41) is 9.91. The Morgan fingerprint density at radius 2 is 1.53 bits per heavy atom. The molecule has 0 aliphatic carbocycles. The number of benzene rings is 3. The van der Waals surface area contributed by atoms with Gasteiger partial charge in [0.1, 0.15) is 10.8 Å². The van der Waals surface area contributed by atoms with Crippen LogP contribution < -0.4 is 9.64 Å². The average Bonchev–Trinajstić information content (AvgIpc) is 3.42. The molecule has 0 radical (unpaired) electrons. The zero-order valence-electron chi connectivity index (χ0n) is 25.4. The van der Waals surface area contributed by atoms with E-state index in [0.717, 1.165) is 39.7 Å². The van der Waals surface area contributed by atoms with Crippen LogP contribution in [0.25, 0.3) is 10.6 Å². The Morgan fingerprint density at radius 1 is 0.894 bits per heavy atom. The van der Waals surface area contributed by atoms with Gasteiger partial charge < -0.3 is 14.7 Å². The Hall–Kier alpha value is -3.75. The number of alkyl halides is 6. The Labute approximate surface area is 276 Å². The standard InChI is InChI=1S/C33H31F6N3O3S2/c1-31(2,30(43)44)45-25-10-12-26(13-11-25)46-20-28-27(40-29(47-28)21-6-8-22(9-7-21)32(34,35)36)19-41-14-16-42(17-15-41)24-5-3-4-23(18-24)33(37,38)39/h3-13,18H,14-17,19-20H2,1-2H3,(H,43,44). The molecule has 47 heavy (non-hydrogen) atoms. The monoisotopic (exact) mass is 695 g/mol. The van der Waals surface area contributed by atoms with E-state index in [9.17, 15) is 36.2 Å². The molecule has 2 heterocycles. The number of hydrogen-bond acceptors (Lipinski definition) is 7. The van der Waals surface area contributed by atoms with E-state index in [1.807, 2.05) is 17.0 Å². The van der Waals surface area contributed by atoms with Crippen LogP contribution in [0.5, 0.6) is 5.75 Å². The van der Waals surface area contributed by atoms with Crippen molar-refractivity contribution in [3.63, 3.8) is 0 Å². The summed E-state index contributed by atoms with van der Waals surface area (Å²) in [7, 11) is 0. The Balaban J connectivity index is 1.30. The van der Waals surface area contributed by atoms with E-state index in [0.29, 0.717) is 60.5 Å². The van der Waals surface area contributed by atoms with Crippen LogP contribution in [0.4, 0.5) is 32.0 Å². The number of anilines is 1. The molecule has 6 nitrogen and oxygen atoms in total. The molecule has 0 spiro atoms. The van der Waals surface area contributed by atoms with Gasteiger partial charge in [-0.25, -0.2) is 9.78 Å². The van der Waals surface area contributed by atoms with Crippen molar-refractivity contribution in [3.8, 4) is 16.3 Å². The van der Waals surface area contributed by atoms with E-state index in [-0.39, 0.29) is 0 Å². The molecule has 5 rings (SSSR count). The van der Waals surface area contributed by atoms with Crippen molar-refractivity contribution >= 4 is 34.8 Å². The predicted octanol–water partition coefficient (Wildman–Crippen LogP) is 8.70.